The summed E-state index contributed by atoms with van der Waals surface area (Å²) in [6.45, 7) is 1.24. The number of aromatic nitrogens is 1. The molecule has 108 valence electrons. The number of rotatable bonds is 4. The van der Waals surface area contributed by atoms with Crippen LogP contribution in [-0.4, -0.2) is 43.2 Å². The Morgan fingerprint density at radius 2 is 2.30 bits per heavy atom. The molecule has 1 aromatic heterocycles. The summed E-state index contributed by atoms with van der Waals surface area (Å²) in [4.78, 5) is 27.1. The highest BCUT2D eigenvalue weighted by atomic mass is 16.5. The SMILES string of the molecule is COC(=O)c1ccc(C(=O)NC[C@H]2CCCCO2)nc1. The fourth-order valence-electron chi connectivity index (χ4n) is 2.03. The van der Waals surface area contributed by atoms with Crippen molar-refractivity contribution in [3.8, 4) is 0 Å². The summed E-state index contributed by atoms with van der Waals surface area (Å²) in [7, 11) is 1.30. The second-order valence-corrected chi connectivity index (χ2v) is 4.62. The Bertz CT molecular complexity index is 467. The van der Waals surface area contributed by atoms with Gasteiger partial charge in [-0.2, -0.15) is 0 Å². The van der Waals surface area contributed by atoms with Crippen LogP contribution in [0.25, 0.3) is 0 Å². The molecule has 1 aromatic rings. The van der Waals surface area contributed by atoms with Crippen molar-refractivity contribution < 1.29 is 19.1 Å². The Morgan fingerprint density at radius 1 is 1.45 bits per heavy atom. The van der Waals surface area contributed by atoms with E-state index in [1.807, 2.05) is 0 Å². The van der Waals surface area contributed by atoms with Crippen LogP contribution in [0.5, 0.6) is 0 Å². The van der Waals surface area contributed by atoms with Crippen LogP contribution < -0.4 is 5.32 Å². The first-order valence-corrected chi connectivity index (χ1v) is 6.65. The van der Waals surface area contributed by atoms with Crippen LogP contribution in [0, 0.1) is 0 Å². The van der Waals surface area contributed by atoms with Gasteiger partial charge in [0.15, 0.2) is 0 Å². The van der Waals surface area contributed by atoms with Gasteiger partial charge < -0.3 is 14.8 Å². The first kappa shape index (κ1) is 14.5. The minimum absolute atomic E-state index is 0.0852. The third-order valence-corrected chi connectivity index (χ3v) is 3.18. The molecule has 1 saturated heterocycles. The van der Waals surface area contributed by atoms with E-state index in [0.717, 1.165) is 25.9 Å². The van der Waals surface area contributed by atoms with Gasteiger partial charge >= 0.3 is 5.97 Å². The number of nitrogens with one attached hydrogen (secondary N) is 1. The number of ether oxygens (including phenoxy) is 2. The first-order valence-electron chi connectivity index (χ1n) is 6.65. The number of carbonyl (C=O) groups is 2. The summed E-state index contributed by atoms with van der Waals surface area (Å²) in [5, 5.41) is 2.79. The number of nitrogens with zero attached hydrogens (tertiary/aromatic N) is 1. The molecule has 1 fully saturated rings. The molecule has 1 atom stereocenters. The highest BCUT2D eigenvalue weighted by Gasteiger charge is 2.16. The largest absolute Gasteiger partial charge is 0.465 e. The zero-order valence-corrected chi connectivity index (χ0v) is 11.4. The third-order valence-electron chi connectivity index (χ3n) is 3.18. The Morgan fingerprint density at radius 3 is 2.90 bits per heavy atom. The van der Waals surface area contributed by atoms with Gasteiger partial charge in [-0.3, -0.25) is 9.78 Å². The molecular weight excluding hydrogens is 260 g/mol. The quantitative estimate of drug-likeness (QED) is 0.836. The third kappa shape index (κ3) is 3.77. The molecule has 0 unspecified atom stereocenters. The summed E-state index contributed by atoms with van der Waals surface area (Å²) in [5.74, 6) is -0.740. The second kappa shape index (κ2) is 7.00. The molecule has 20 heavy (non-hydrogen) atoms. The molecule has 1 amide bonds. The number of esters is 1. The van der Waals surface area contributed by atoms with Crippen molar-refractivity contribution in [2.75, 3.05) is 20.3 Å². The zero-order chi connectivity index (χ0) is 14.4. The van der Waals surface area contributed by atoms with Crippen LogP contribution in [0.1, 0.15) is 40.1 Å². The smallest absolute Gasteiger partial charge is 0.339 e. The Labute approximate surface area is 117 Å². The molecule has 1 aliphatic heterocycles. The van der Waals surface area contributed by atoms with Gasteiger partial charge in [0.1, 0.15) is 5.69 Å². The Hall–Kier alpha value is -1.95. The average molecular weight is 278 g/mol. The lowest BCUT2D eigenvalue weighted by Gasteiger charge is -2.22. The van der Waals surface area contributed by atoms with Crippen molar-refractivity contribution >= 4 is 11.9 Å². The topological polar surface area (TPSA) is 77.5 Å². The van der Waals surface area contributed by atoms with Crippen molar-refractivity contribution in [3.05, 3.63) is 29.6 Å². The summed E-state index contributed by atoms with van der Waals surface area (Å²) in [5.41, 5.74) is 0.591. The van der Waals surface area contributed by atoms with Crippen molar-refractivity contribution in [1.29, 1.82) is 0 Å². The van der Waals surface area contributed by atoms with E-state index in [1.54, 1.807) is 0 Å². The van der Waals surface area contributed by atoms with Gasteiger partial charge in [-0.15, -0.1) is 0 Å². The molecule has 1 N–H and O–H groups in total. The van der Waals surface area contributed by atoms with Crippen LogP contribution in [0.2, 0.25) is 0 Å². The molecule has 0 aromatic carbocycles. The number of hydrogen-bond acceptors (Lipinski definition) is 5. The lowest BCUT2D eigenvalue weighted by Crippen LogP contribution is -2.35. The monoisotopic (exact) mass is 278 g/mol. The molecular formula is C14H18N2O4. The van der Waals surface area contributed by atoms with E-state index in [-0.39, 0.29) is 17.7 Å². The van der Waals surface area contributed by atoms with Gasteiger partial charge in [-0.1, -0.05) is 0 Å². The predicted octanol–water partition coefficient (Wildman–Crippen LogP) is 1.17. The fraction of sp³-hybridized carbons (Fsp3) is 0.500. The maximum Gasteiger partial charge on any atom is 0.339 e. The van der Waals surface area contributed by atoms with Crippen LogP contribution >= 0.6 is 0 Å². The lowest BCUT2D eigenvalue weighted by molar-refractivity contribution is 0.0168. The number of carbonyl (C=O) groups excluding carboxylic acids is 2. The summed E-state index contributed by atoms with van der Waals surface area (Å²) >= 11 is 0. The van der Waals surface area contributed by atoms with Gasteiger partial charge in [0.05, 0.1) is 18.8 Å². The molecule has 0 saturated carbocycles. The van der Waals surface area contributed by atoms with Crippen LogP contribution in [0.3, 0.4) is 0 Å². The predicted molar refractivity (Wildman–Crippen MR) is 71.5 cm³/mol. The number of methoxy groups -OCH3 is 1. The van der Waals surface area contributed by atoms with Crippen LogP contribution in [0.4, 0.5) is 0 Å². The van der Waals surface area contributed by atoms with Gasteiger partial charge in [0.2, 0.25) is 0 Å². The minimum atomic E-state index is -0.472. The van der Waals surface area contributed by atoms with Crippen molar-refractivity contribution in [2.45, 2.75) is 25.4 Å². The molecule has 2 heterocycles. The van der Waals surface area contributed by atoms with E-state index in [1.165, 1.54) is 25.4 Å². The summed E-state index contributed by atoms with van der Waals surface area (Å²) < 4.78 is 10.1. The van der Waals surface area contributed by atoms with Crippen LogP contribution in [-0.2, 0) is 9.47 Å². The van der Waals surface area contributed by atoms with E-state index < -0.39 is 5.97 Å². The lowest BCUT2D eigenvalue weighted by atomic mass is 10.1. The molecule has 6 heteroatoms. The summed E-state index contributed by atoms with van der Waals surface area (Å²) in [6.07, 6.45) is 4.60. The van der Waals surface area contributed by atoms with Gasteiger partial charge in [-0.25, -0.2) is 4.79 Å². The minimum Gasteiger partial charge on any atom is -0.465 e. The number of pyridine rings is 1. The first-order chi connectivity index (χ1) is 9.70. The summed E-state index contributed by atoms with van der Waals surface area (Å²) in [6, 6.07) is 3.02. The maximum atomic E-state index is 11.9. The van der Waals surface area contributed by atoms with E-state index in [4.69, 9.17) is 4.74 Å². The Kier molecular flexibility index (Phi) is 5.06. The molecule has 2 rings (SSSR count). The molecule has 6 nitrogen and oxygen atoms in total. The van der Waals surface area contributed by atoms with Gasteiger partial charge in [0, 0.05) is 19.3 Å². The molecule has 0 spiro atoms. The van der Waals surface area contributed by atoms with E-state index in [2.05, 4.69) is 15.0 Å². The van der Waals surface area contributed by atoms with Gasteiger partial charge in [0.25, 0.3) is 5.91 Å². The van der Waals surface area contributed by atoms with E-state index in [0.29, 0.717) is 12.1 Å². The highest BCUT2D eigenvalue weighted by molar-refractivity contribution is 5.94. The average Bonchev–Trinajstić information content (AvgIpc) is 2.53. The van der Waals surface area contributed by atoms with E-state index in [9.17, 15) is 9.59 Å². The number of hydrogen-bond donors (Lipinski definition) is 1. The van der Waals surface area contributed by atoms with Crippen molar-refractivity contribution in [3.63, 3.8) is 0 Å². The van der Waals surface area contributed by atoms with Crippen molar-refractivity contribution in [1.82, 2.24) is 10.3 Å². The highest BCUT2D eigenvalue weighted by Crippen LogP contribution is 2.11. The van der Waals surface area contributed by atoms with Gasteiger partial charge in [-0.05, 0) is 31.4 Å². The molecule has 0 radical (unpaired) electrons. The second-order valence-electron chi connectivity index (χ2n) is 4.62. The normalized spacial score (nSPS) is 18.4. The molecule has 0 bridgehead atoms. The standard InChI is InChI=1S/C14H18N2O4/c1-19-14(18)10-5-6-12(15-8-10)13(17)16-9-11-4-2-3-7-20-11/h5-6,8,11H,2-4,7,9H2,1H3,(H,16,17)/t11-/m1/s1. The molecule has 0 aliphatic carbocycles. The maximum absolute atomic E-state index is 11.9. The van der Waals surface area contributed by atoms with E-state index >= 15 is 0 Å². The van der Waals surface area contributed by atoms with Crippen molar-refractivity contribution in [2.24, 2.45) is 0 Å². The Balaban J connectivity index is 1.87. The molecule has 1 aliphatic rings. The van der Waals surface area contributed by atoms with Crippen LogP contribution in [0.15, 0.2) is 18.3 Å². The number of amides is 1. The zero-order valence-electron chi connectivity index (χ0n) is 11.4. The fourth-order valence-corrected chi connectivity index (χ4v) is 2.03.